The van der Waals surface area contributed by atoms with Gasteiger partial charge in [-0.3, -0.25) is 5.01 Å². The van der Waals surface area contributed by atoms with Crippen molar-refractivity contribution in [2.45, 2.75) is 80.1 Å². The number of rotatable bonds is 7. The zero-order valence-corrected chi connectivity index (χ0v) is 13.5. The summed E-state index contributed by atoms with van der Waals surface area (Å²) in [6.45, 7) is 13.5. The van der Waals surface area contributed by atoms with Crippen LogP contribution in [0.5, 0.6) is 0 Å². The van der Waals surface area contributed by atoms with Gasteiger partial charge in [-0.25, -0.2) is 0 Å². The summed E-state index contributed by atoms with van der Waals surface area (Å²) in [5.41, 5.74) is 7.67. The van der Waals surface area contributed by atoms with E-state index < -0.39 is 0 Å². The molecule has 0 amide bonds. The molecule has 1 heterocycles. The highest BCUT2D eigenvalue weighted by Gasteiger charge is 2.08. The van der Waals surface area contributed by atoms with Crippen LogP contribution < -0.4 is 11.0 Å². The average Bonchev–Trinajstić information content (AvgIpc) is 2.88. The lowest BCUT2D eigenvalue weighted by Crippen LogP contribution is -2.36. The molecule has 0 fully saturated rings. The highest BCUT2D eigenvalue weighted by atomic mass is 15.7. The third-order valence-electron chi connectivity index (χ3n) is 2.44. The first kappa shape index (κ1) is 19.6. The largest absolute Gasteiger partial charge is 0.306 e. The fourth-order valence-corrected chi connectivity index (χ4v) is 1.63. The Morgan fingerprint density at radius 1 is 0.944 bits per heavy atom. The summed E-state index contributed by atoms with van der Waals surface area (Å²) in [5.74, 6) is 0. The summed E-state index contributed by atoms with van der Waals surface area (Å²) in [6.07, 6.45) is 9.86. The van der Waals surface area contributed by atoms with Gasteiger partial charge in [0.15, 0.2) is 0 Å². The quantitative estimate of drug-likeness (QED) is 0.653. The van der Waals surface area contributed by atoms with Gasteiger partial charge in [-0.05, 0) is 19.3 Å². The molecule has 0 atom stereocenters. The molecule has 0 saturated carbocycles. The molecule has 3 nitrogen and oxygen atoms in total. The van der Waals surface area contributed by atoms with E-state index in [-0.39, 0.29) is 0 Å². The van der Waals surface area contributed by atoms with E-state index in [9.17, 15) is 0 Å². The van der Waals surface area contributed by atoms with Crippen molar-refractivity contribution in [2.75, 3.05) is 6.54 Å². The molecule has 0 bridgehead atoms. The van der Waals surface area contributed by atoms with Gasteiger partial charge < -0.3 is 5.43 Å². The normalized spacial score (nSPS) is 12.8. The van der Waals surface area contributed by atoms with Crippen LogP contribution in [0.15, 0.2) is 11.9 Å². The minimum Gasteiger partial charge on any atom is -0.306 e. The maximum atomic E-state index is 3.21. The Balaban J connectivity index is 0. The van der Waals surface area contributed by atoms with E-state index in [2.05, 4.69) is 36.0 Å². The topological polar surface area (TPSA) is 27.3 Å². The van der Waals surface area contributed by atoms with Crippen LogP contribution in [0.25, 0.3) is 0 Å². The van der Waals surface area contributed by atoms with Crippen molar-refractivity contribution in [1.82, 2.24) is 16.0 Å². The lowest BCUT2D eigenvalue weighted by atomic mass is 10.1. The minimum atomic E-state index is 1.07. The molecule has 18 heavy (non-hydrogen) atoms. The predicted octanol–water partition coefficient (Wildman–Crippen LogP) is 4.59. The SMILES string of the molecule is CC.CC.CCCCCCC1=CN(CCC)NN1. The first-order valence-corrected chi connectivity index (χ1v) is 7.85. The summed E-state index contributed by atoms with van der Waals surface area (Å²) in [5, 5.41) is 2.12. The molecule has 0 aromatic heterocycles. The summed E-state index contributed by atoms with van der Waals surface area (Å²) < 4.78 is 0. The standard InChI is InChI=1S/C11H23N3.2C2H6/c1-3-5-6-7-8-11-10-14(9-4-2)13-12-11;2*1-2/h10,12-13H,3-9H2,1-2H3;2*1-2H3. The van der Waals surface area contributed by atoms with Gasteiger partial charge in [0.2, 0.25) is 0 Å². The minimum absolute atomic E-state index is 1.07. The molecular weight excluding hydrogens is 222 g/mol. The monoisotopic (exact) mass is 257 g/mol. The predicted molar refractivity (Wildman–Crippen MR) is 82.8 cm³/mol. The highest BCUT2D eigenvalue weighted by molar-refractivity contribution is 5.01. The van der Waals surface area contributed by atoms with Gasteiger partial charge in [-0.2, -0.15) is 0 Å². The van der Waals surface area contributed by atoms with Crippen molar-refractivity contribution in [3.63, 3.8) is 0 Å². The molecule has 110 valence electrons. The first-order valence-electron chi connectivity index (χ1n) is 7.85. The summed E-state index contributed by atoms with van der Waals surface area (Å²) in [4.78, 5) is 0. The fraction of sp³-hybridized carbons (Fsp3) is 0.867. The second-order valence-electron chi connectivity index (χ2n) is 3.90. The van der Waals surface area contributed by atoms with E-state index in [1.54, 1.807) is 0 Å². The number of nitrogens with one attached hydrogen (secondary N) is 2. The van der Waals surface area contributed by atoms with Crippen LogP contribution in [0, 0.1) is 0 Å². The van der Waals surface area contributed by atoms with E-state index in [0.717, 1.165) is 6.54 Å². The van der Waals surface area contributed by atoms with E-state index in [4.69, 9.17) is 0 Å². The van der Waals surface area contributed by atoms with Crippen LogP contribution in [0.2, 0.25) is 0 Å². The number of allylic oxidation sites excluding steroid dienone is 1. The van der Waals surface area contributed by atoms with E-state index in [0.29, 0.717) is 0 Å². The zero-order chi connectivity index (χ0) is 14.2. The van der Waals surface area contributed by atoms with Crippen LogP contribution in [-0.2, 0) is 0 Å². The lowest BCUT2D eigenvalue weighted by Gasteiger charge is -2.12. The van der Waals surface area contributed by atoms with Crippen molar-refractivity contribution >= 4 is 0 Å². The Kier molecular flexibility index (Phi) is 17.8. The molecule has 3 heteroatoms. The number of nitrogens with zero attached hydrogens (tertiary/aromatic N) is 1. The molecular formula is C15H35N3. The molecule has 2 N–H and O–H groups in total. The lowest BCUT2D eigenvalue weighted by molar-refractivity contribution is 0.271. The average molecular weight is 257 g/mol. The van der Waals surface area contributed by atoms with Gasteiger partial charge in [0, 0.05) is 18.4 Å². The van der Waals surface area contributed by atoms with Crippen LogP contribution in [0.1, 0.15) is 80.1 Å². The van der Waals surface area contributed by atoms with Crippen LogP contribution in [-0.4, -0.2) is 11.6 Å². The Hall–Kier alpha value is -0.700. The molecule has 0 aromatic carbocycles. The Morgan fingerprint density at radius 3 is 2.17 bits per heavy atom. The molecule has 0 unspecified atom stereocenters. The zero-order valence-electron chi connectivity index (χ0n) is 13.5. The third kappa shape index (κ3) is 10.5. The molecule has 0 spiro atoms. The summed E-state index contributed by atoms with van der Waals surface area (Å²) in [6, 6.07) is 0. The van der Waals surface area contributed by atoms with Crippen molar-refractivity contribution in [2.24, 2.45) is 0 Å². The molecule has 1 aliphatic heterocycles. The Bertz CT molecular complexity index is 179. The molecule has 0 aliphatic carbocycles. The smallest absolute Gasteiger partial charge is 0.0453 e. The van der Waals surface area contributed by atoms with Crippen LogP contribution in [0.4, 0.5) is 0 Å². The third-order valence-corrected chi connectivity index (χ3v) is 2.44. The maximum Gasteiger partial charge on any atom is 0.0453 e. The van der Waals surface area contributed by atoms with Crippen molar-refractivity contribution < 1.29 is 0 Å². The second-order valence-corrected chi connectivity index (χ2v) is 3.90. The second kappa shape index (κ2) is 16.3. The van der Waals surface area contributed by atoms with E-state index in [1.165, 1.54) is 44.2 Å². The molecule has 0 saturated heterocycles. The number of hydrogen-bond acceptors (Lipinski definition) is 3. The molecule has 0 radical (unpaired) electrons. The van der Waals surface area contributed by atoms with E-state index >= 15 is 0 Å². The van der Waals surface area contributed by atoms with Gasteiger partial charge >= 0.3 is 0 Å². The number of unbranched alkanes of at least 4 members (excludes halogenated alkanes) is 3. The number of hydrazine groups is 2. The summed E-state index contributed by atoms with van der Waals surface area (Å²) >= 11 is 0. The summed E-state index contributed by atoms with van der Waals surface area (Å²) in [7, 11) is 0. The Morgan fingerprint density at radius 2 is 1.61 bits per heavy atom. The van der Waals surface area contributed by atoms with Gasteiger partial charge in [-0.1, -0.05) is 60.8 Å². The van der Waals surface area contributed by atoms with E-state index in [1.807, 2.05) is 27.7 Å². The van der Waals surface area contributed by atoms with Crippen molar-refractivity contribution in [3.8, 4) is 0 Å². The number of hydrogen-bond donors (Lipinski definition) is 2. The van der Waals surface area contributed by atoms with Crippen LogP contribution >= 0.6 is 0 Å². The maximum absolute atomic E-state index is 3.21. The molecule has 0 aromatic rings. The van der Waals surface area contributed by atoms with Gasteiger partial charge in [0.05, 0.1) is 0 Å². The molecule has 1 rings (SSSR count). The van der Waals surface area contributed by atoms with Crippen molar-refractivity contribution in [3.05, 3.63) is 11.9 Å². The van der Waals surface area contributed by atoms with Gasteiger partial charge in [0.25, 0.3) is 0 Å². The van der Waals surface area contributed by atoms with Gasteiger partial charge in [-0.15, -0.1) is 5.53 Å². The van der Waals surface area contributed by atoms with Crippen molar-refractivity contribution in [1.29, 1.82) is 0 Å². The highest BCUT2D eigenvalue weighted by Crippen LogP contribution is 2.10. The first-order chi connectivity index (χ1) is 8.86. The Labute approximate surface area is 115 Å². The molecule has 1 aliphatic rings. The fourth-order valence-electron chi connectivity index (χ4n) is 1.63. The van der Waals surface area contributed by atoms with Gasteiger partial charge in [0.1, 0.15) is 0 Å². The van der Waals surface area contributed by atoms with Crippen LogP contribution in [0.3, 0.4) is 0 Å².